The summed E-state index contributed by atoms with van der Waals surface area (Å²) in [5, 5.41) is 7.67. The van der Waals surface area contributed by atoms with Crippen LogP contribution in [-0.2, 0) is 10.0 Å². The second kappa shape index (κ2) is 4.81. The number of hydrogen-bond donors (Lipinski definition) is 0. The number of aryl methyl sites for hydroxylation is 1. The third kappa shape index (κ3) is 2.10. The molecule has 0 aliphatic heterocycles. The fraction of sp³-hybridized carbons (Fsp3) is 0.0769. The first-order chi connectivity index (χ1) is 9.50. The number of para-hydroxylation sites is 1. The number of nitrogens with zero attached hydrogens (tertiary/aromatic N) is 3. The molecule has 0 unspecified atom stereocenters. The number of halogens is 1. The molecular formula is C13H10IN3O2S. The van der Waals surface area contributed by atoms with Crippen molar-refractivity contribution in [1.29, 1.82) is 0 Å². The van der Waals surface area contributed by atoms with Crippen molar-refractivity contribution in [3.05, 3.63) is 51.6 Å². The number of fused-ring (bicyclic) bond motifs is 1. The third-order valence-corrected chi connectivity index (χ3v) is 5.37. The van der Waals surface area contributed by atoms with Crippen molar-refractivity contribution < 1.29 is 8.42 Å². The standard InChI is InChI=1S/C13H10IN3O2S/c1-9-8-10(14)6-7-13(9)20(18,19)17-12-5-3-2-4-11(12)15-16-17/h2-8H,1H3. The zero-order valence-electron chi connectivity index (χ0n) is 10.5. The largest absolute Gasteiger partial charge is 0.285 e. The van der Waals surface area contributed by atoms with Gasteiger partial charge in [-0.05, 0) is 65.4 Å². The van der Waals surface area contributed by atoms with E-state index in [1.54, 1.807) is 43.3 Å². The predicted octanol–water partition coefficient (Wildman–Crippen LogP) is 2.58. The van der Waals surface area contributed by atoms with Gasteiger partial charge in [-0.3, -0.25) is 0 Å². The van der Waals surface area contributed by atoms with Crippen LogP contribution >= 0.6 is 22.6 Å². The molecule has 102 valence electrons. The highest BCUT2D eigenvalue weighted by Crippen LogP contribution is 2.22. The van der Waals surface area contributed by atoms with E-state index in [2.05, 4.69) is 32.9 Å². The van der Waals surface area contributed by atoms with Gasteiger partial charge in [0, 0.05) is 3.57 Å². The van der Waals surface area contributed by atoms with Crippen LogP contribution < -0.4 is 0 Å². The van der Waals surface area contributed by atoms with E-state index in [0.717, 1.165) is 7.66 Å². The average molecular weight is 399 g/mol. The zero-order valence-corrected chi connectivity index (χ0v) is 13.5. The lowest BCUT2D eigenvalue weighted by Gasteiger charge is -2.08. The number of benzene rings is 2. The van der Waals surface area contributed by atoms with E-state index in [-0.39, 0.29) is 4.90 Å². The Morgan fingerprint density at radius 3 is 2.65 bits per heavy atom. The highest BCUT2D eigenvalue weighted by atomic mass is 127. The molecule has 5 nitrogen and oxygen atoms in total. The number of hydrogen-bond acceptors (Lipinski definition) is 4. The summed E-state index contributed by atoms with van der Waals surface area (Å²) in [6, 6.07) is 12.2. The van der Waals surface area contributed by atoms with Gasteiger partial charge in [-0.2, -0.15) is 8.42 Å². The Hall–Kier alpha value is -1.48. The SMILES string of the molecule is Cc1cc(I)ccc1S(=O)(=O)n1nnc2ccccc21. The molecule has 0 aliphatic carbocycles. The van der Waals surface area contributed by atoms with Crippen LogP contribution in [0.2, 0.25) is 0 Å². The van der Waals surface area contributed by atoms with E-state index in [1.165, 1.54) is 0 Å². The van der Waals surface area contributed by atoms with E-state index in [0.29, 0.717) is 16.6 Å². The fourth-order valence-electron chi connectivity index (χ4n) is 2.02. The van der Waals surface area contributed by atoms with Gasteiger partial charge >= 0.3 is 0 Å². The first-order valence-electron chi connectivity index (χ1n) is 5.82. The molecule has 2 aromatic carbocycles. The third-order valence-electron chi connectivity index (χ3n) is 2.96. The molecule has 3 aromatic rings. The predicted molar refractivity (Wildman–Crippen MR) is 84.0 cm³/mol. The molecule has 7 heteroatoms. The Bertz CT molecular complexity index is 903. The molecule has 0 saturated heterocycles. The molecule has 0 saturated carbocycles. The second-order valence-corrected chi connectivity index (χ2v) is 7.32. The minimum atomic E-state index is -3.73. The number of aromatic nitrogens is 3. The highest BCUT2D eigenvalue weighted by Gasteiger charge is 2.22. The van der Waals surface area contributed by atoms with Crippen molar-refractivity contribution in [2.45, 2.75) is 11.8 Å². The summed E-state index contributed by atoms with van der Waals surface area (Å²) in [4.78, 5) is 0.244. The minimum Gasteiger partial charge on any atom is -0.199 e. The summed E-state index contributed by atoms with van der Waals surface area (Å²) in [6.07, 6.45) is 0. The van der Waals surface area contributed by atoms with Gasteiger partial charge in [-0.25, -0.2) is 0 Å². The van der Waals surface area contributed by atoms with Gasteiger partial charge in [0.15, 0.2) is 0 Å². The maximum Gasteiger partial charge on any atom is 0.285 e. The van der Waals surface area contributed by atoms with Gasteiger partial charge in [0.2, 0.25) is 0 Å². The lowest BCUT2D eigenvalue weighted by atomic mass is 10.2. The maximum absolute atomic E-state index is 12.7. The molecule has 0 amide bonds. The Labute approximate surface area is 129 Å². The van der Waals surface area contributed by atoms with Crippen LogP contribution in [0.5, 0.6) is 0 Å². The Kier molecular flexibility index (Phi) is 3.25. The first kappa shape index (κ1) is 13.5. The summed E-state index contributed by atoms with van der Waals surface area (Å²) < 4.78 is 27.4. The van der Waals surface area contributed by atoms with Crippen LogP contribution in [0.25, 0.3) is 11.0 Å². The van der Waals surface area contributed by atoms with Gasteiger partial charge in [0.1, 0.15) is 11.0 Å². The maximum atomic E-state index is 12.7. The molecule has 1 aromatic heterocycles. The molecule has 0 atom stereocenters. The summed E-state index contributed by atoms with van der Waals surface area (Å²) in [7, 11) is -3.73. The lowest BCUT2D eigenvalue weighted by Crippen LogP contribution is -2.15. The average Bonchev–Trinajstić information content (AvgIpc) is 2.82. The summed E-state index contributed by atoms with van der Waals surface area (Å²) >= 11 is 2.15. The van der Waals surface area contributed by atoms with Gasteiger partial charge in [0.25, 0.3) is 10.0 Å². The normalized spacial score (nSPS) is 11.9. The monoisotopic (exact) mass is 399 g/mol. The van der Waals surface area contributed by atoms with Crippen molar-refractivity contribution >= 4 is 43.6 Å². The minimum absolute atomic E-state index is 0.244. The summed E-state index contributed by atoms with van der Waals surface area (Å²) in [5.41, 5.74) is 1.72. The lowest BCUT2D eigenvalue weighted by molar-refractivity contribution is 0.579. The van der Waals surface area contributed by atoms with Crippen LogP contribution in [0.1, 0.15) is 5.56 Å². The van der Waals surface area contributed by atoms with E-state index in [4.69, 9.17) is 0 Å². The molecule has 0 radical (unpaired) electrons. The van der Waals surface area contributed by atoms with Crippen molar-refractivity contribution in [3.63, 3.8) is 0 Å². The van der Waals surface area contributed by atoms with Gasteiger partial charge in [-0.15, -0.1) is 9.19 Å². The van der Waals surface area contributed by atoms with Gasteiger partial charge in [0.05, 0.1) is 4.90 Å². The molecule has 3 rings (SSSR count). The molecule has 0 N–H and O–H groups in total. The smallest absolute Gasteiger partial charge is 0.199 e. The Morgan fingerprint density at radius 1 is 1.15 bits per heavy atom. The van der Waals surface area contributed by atoms with Gasteiger partial charge in [-0.1, -0.05) is 17.3 Å². The molecule has 0 bridgehead atoms. The van der Waals surface area contributed by atoms with Crippen LogP contribution in [0.3, 0.4) is 0 Å². The van der Waals surface area contributed by atoms with E-state index >= 15 is 0 Å². The molecule has 0 spiro atoms. The van der Waals surface area contributed by atoms with Crippen molar-refractivity contribution in [2.24, 2.45) is 0 Å². The van der Waals surface area contributed by atoms with E-state index < -0.39 is 10.0 Å². The fourth-order valence-corrected chi connectivity index (χ4v) is 4.11. The molecule has 20 heavy (non-hydrogen) atoms. The van der Waals surface area contributed by atoms with Crippen LogP contribution in [0, 0.1) is 10.5 Å². The zero-order chi connectivity index (χ0) is 14.3. The summed E-state index contributed by atoms with van der Waals surface area (Å²) in [5.74, 6) is 0. The quantitative estimate of drug-likeness (QED) is 0.622. The topological polar surface area (TPSA) is 64.8 Å². The van der Waals surface area contributed by atoms with Crippen molar-refractivity contribution in [2.75, 3.05) is 0 Å². The second-order valence-electron chi connectivity index (χ2n) is 4.34. The van der Waals surface area contributed by atoms with Crippen molar-refractivity contribution in [3.8, 4) is 0 Å². The Morgan fingerprint density at radius 2 is 1.90 bits per heavy atom. The number of rotatable bonds is 2. The first-order valence-corrected chi connectivity index (χ1v) is 8.34. The van der Waals surface area contributed by atoms with Crippen molar-refractivity contribution in [1.82, 2.24) is 14.4 Å². The van der Waals surface area contributed by atoms with Crippen LogP contribution in [0.15, 0.2) is 47.4 Å². The highest BCUT2D eigenvalue weighted by molar-refractivity contribution is 14.1. The van der Waals surface area contributed by atoms with Crippen LogP contribution in [-0.4, -0.2) is 22.8 Å². The Balaban J connectivity index is 2.26. The van der Waals surface area contributed by atoms with Gasteiger partial charge < -0.3 is 0 Å². The summed E-state index contributed by atoms with van der Waals surface area (Å²) in [6.45, 7) is 1.77. The van der Waals surface area contributed by atoms with E-state index in [1.807, 2.05) is 6.07 Å². The van der Waals surface area contributed by atoms with Crippen LogP contribution in [0.4, 0.5) is 0 Å². The van der Waals surface area contributed by atoms with E-state index in [9.17, 15) is 8.42 Å². The molecule has 0 aliphatic rings. The molecular weight excluding hydrogens is 389 g/mol. The molecule has 0 fully saturated rings. The molecule has 1 heterocycles.